The van der Waals surface area contributed by atoms with E-state index in [0.29, 0.717) is 11.6 Å². The van der Waals surface area contributed by atoms with Crippen LogP contribution >= 0.6 is 0 Å². The topological polar surface area (TPSA) is 75.9 Å². The monoisotopic (exact) mass is 243 g/mol. The fraction of sp³-hybridized carbons (Fsp3) is 0.231. The van der Waals surface area contributed by atoms with Gasteiger partial charge in [0.05, 0.1) is 0 Å². The van der Waals surface area contributed by atoms with Crippen LogP contribution in [0.4, 0.5) is 11.6 Å². The molecule has 94 valence electrons. The van der Waals surface area contributed by atoms with E-state index < -0.39 is 0 Å². The van der Waals surface area contributed by atoms with E-state index in [9.17, 15) is 0 Å². The molecule has 2 rings (SSSR count). The first-order valence-electron chi connectivity index (χ1n) is 5.80. The lowest BCUT2D eigenvalue weighted by Gasteiger charge is -2.12. The molecule has 0 fully saturated rings. The lowest BCUT2D eigenvalue weighted by molar-refractivity contribution is 0.998. The number of hydrogen-bond acceptors (Lipinski definition) is 5. The van der Waals surface area contributed by atoms with Crippen LogP contribution in [0.2, 0.25) is 0 Å². The number of hydrogen-bond donors (Lipinski definition) is 3. The summed E-state index contributed by atoms with van der Waals surface area (Å²) < 4.78 is 0. The van der Waals surface area contributed by atoms with Crippen LogP contribution < -0.4 is 16.6 Å². The molecule has 0 amide bonds. The van der Waals surface area contributed by atoms with Crippen LogP contribution in [0.15, 0.2) is 30.3 Å². The Morgan fingerprint density at radius 2 is 1.72 bits per heavy atom. The summed E-state index contributed by atoms with van der Waals surface area (Å²) in [5.74, 6) is 7.57. The summed E-state index contributed by atoms with van der Waals surface area (Å²) >= 11 is 0. The van der Waals surface area contributed by atoms with Crippen LogP contribution in [0.1, 0.15) is 17.0 Å². The quantitative estimate of drug-likeness (QED) is 0.565. The van der Waals surface area contributed by atoms with Crippen LogP contribution in [0, 0.1) is 13.8 Å². The number of anilines is 2. The Bertz CT molecular complexity index is 524. The van der Waals surface area contributed by atoms with E-state index in [0.717, 1.165) is 17.9 Å². The molecule has 5 heteroatoms. The van der Waals surface area contributed by atoms with Crippen LogP contribution in [0.25, 0.3) is 0 Å². The fourth-order valence-corrected chi connectivity index (χ4v) is 1.72. The second kappa shape index (κ2) is 5.46. The fourth-order valence-electron chi connectivity index (χ4n) is 1.72. The summed E-state index contributed by atoms with van der Waals surface area (Å²) in [6.07, 6.45) is 0. The molecule has 0 saturated carbocycles. The minimum Gasteiger partial charge on any atom is -0.366 e. The lowest BCUT2D eigenvalue weighted by Crippen LogP contribution is -2.14. The normalized spacial score (nSPS) is 10.2. The van der Waals surface area contributed by atoms with Gasteiger partial charge in [-0.3, -0.25) is 0 Å². The van der Waals surface area contributed by atoms with E-state index >= 15 is 0 Å². The summed E-state index contributed by atoms with van der Waals surface area (Å²) in [5.41, 5.74) is 4.70. The summed E-state index contributed by atoms with van der Waals surface area (Å²) in [7, 11) is 0. The molecule has 0 spiro atoms. The van der Waals surface area contributed by atoms with Gasteiger partial charge in [-0.05, 0) is 19.4 Å². The molecule has 0 atom stereocenters. The Hall–Kier alpha value is -2.14. The molecule has 18 heavy (non-hydrogen) atoms. The molecule has 1 aromatic heterocycles. The number of nitrogens with zero attached hydrogens (tertiary/aromatic N) is 2. The number of benzene rings is 1. The molecular weight excluding hydrogens is 226 g/mol. The molecule has 1 heterocycles. The average molecular weight is 243 g/mol. The Morgan fingerprint density at radius 1 is 1.06 bits per heavy atom. The van der Waals surface area contributed by atoms with Crippen LogP contribution in [0.5, 0.6) is 0 Å². The van der Waals surface area contributed by atoms with Gasteiger partial charge in [0, 0.05) is 12.1 Å². The SMILES string of the molecule is Cc1nc(NN)c(C)c(NCc2ccccc2)n1. The Morgan fingerprint density at radius 3 is 2.39 bits per heavy atom. The van der Waals surface area contributed by atoms with Crippen molar-refractivity contribution in [3.8, 4) is 0 Å². The first-order valence-corrected chi connectivity index (χ1v) is 5.80. The van der Waals surface area contributed by atoms with Gasteiger partial charge in [-0.15, -0.1) is 0 Å². The maximum atomic E-state index is 5.43. The highest BCUT2D eigenvalue weighted by atomic mass is 15.3. The van der Waals surface area contributed by atoms with Crippen molar-refractivity contribution in [3.63, 3.8) is 0 Å². The van der Waals surface area contributed by atoms with Gasteiger partial charge >= 0.3 is 0 Å². The van der Waals surface area contributed by atoms with Gasteiger partial charge < -0.3 is 10.7 Å². The zero-order valence-electron chi connectivity index (χ0n) is 10.6. The first kappa shape index (κ1) is 12.3. The van der Waals surface area contributed by atoms with Crippen molar-refractivity contribution in [1.29, 1.82) is 0 Å². The van der Waals surface area contributed by atoms with Crippen molar-refractivity contribution < 1.29 is 0 Å². The van der Waals surface area contributed by atoms with Crippen LogP contribution in [0.3, 0.4) is 0 Å². The lowest BCUT2D eigenvalue weighted by atomic mass is 10.2. The van der Waals surface area contributed by atoms with E-state index in [-0.39, 0.29) is 0 Å². The molecule has 0 radical (unpaired) electrons. The van der Waals surface area contributed by atoms with Gasteiger partial charge in [0.1, 0.15) is 17.5 Å². The average Bonchev–Trinajstić information content (AvgIpc) is 2.40. The van der Waals surface area contributed by atoms with Crippen LogP contribution in [-0.4, -0.2) is 9.97 Å². The van der Waals surface area contributed by atoms with E-state index in [1.807, 2.05) is 32.0 Å². The number of aromatic nitrogens is 2. The Labute approximate surface area is 106 Å². The predicted octanol–water partition coefficient (Wildman–Crippen LogP) is 1.99. The van der Waals surface area contributed by atoms with Crippen molar-refractivity contribution >= 4 is 11.6 Å². The Balaban J connectivity index is 2.17. The maximum absolute atomic E-state index is 5.43. The number of aryl methyl sites for hydroxylation is 1. The van der Waals surface area contributed by atoms with Crippen molar-refractivity contribution in [2.45, 2.75) is 20.4 Å². The molecule has 0 unspecified atom stereocenters. The highest BCUT2D eigenvalue weighted by molar-refractivity contribution is 5.56. The van der Waals surface area contributed by atoms with Gasteiger partial charge in [0.15, 0.2) is 0 Å². The number of nitrogens with two attached hydrogens (primary N) is 1. The largest absolute Gasteiger partial charge is 0.366 e. The van der Waals surface area contributed by atoms with Gasteiger partial charge in [-0.25, -0.2) is 15.8 Å². The third-order valence-corrected chi connectivity index (χ3v) is 2.70. The van der Waals surface area contributed by atoms with Crippen molar-refractivity contribution in [2.75, 3.05) is 10.7 Å². The number of rotatable bonds is 4. The smallest absolute Gasteiger partial charge is 0.148 e. The summed E-state index contributed by atoms with van der Waals surface area (Å²) in [4.78, 5) is 8.60. The van der Waals surface area contributed by atoms with Gasteiger partial charge in [-0.1, -0.05) is 30.3 Å². The third kappa shape index (κ3) is 2.75. The van der Waals surface area contributed by atoms with Gasteiger partial charge in [0.2, 0.25) is 0 Å². The Kier molecular flexibility index (Phi) is 3.74. The number of nitrogen functional groups attached to an aromatic ring is 1. The molecule has 4 N–H and O–H groups in total. The summed E-state index contributed by atoms with van der Waals surface area (Å²) in [5, 5.41) is 3.30. The summed E-state index contributed by atoms with van der Waals surface area (Å²) in [6.45, 7) is 4.50. The molecular formula is C13H17N5. The molecule has 0 aliphatic heterocycles. The molecule has 0 aliphatic carbocycles. The minimum atomic E-state index is 0.651. The van der Waals surface area contributed by atoms with Gasteiger partial charge in [0.25, 0.3) is 0 Å². The third-order valence-electron chi connectivity index (χ3n) is 2.70. The van der Waals surface area contributed by atoms with E-state index in [2.05, 4.69) is 32.8 Å². The second-order valence-corrected chi connectivity index (χ2v) is 4.08. The van der Waals surface area contributed by atoms with E-state index in [4.69, 9.17) is 5.84 Å². The number of hydrazine groups is 1. The number of nitrogens with one attached hydrogen (secondary N) is 2. The first-order chi connectivity index (χ1) is 8.70. The van der Waals surface area contributed by atoms with E-state index in [1.165, 1.54) is 5.56 Å². The van der Waals surface area contributed by atoms with Crippen molar-refractivity contribution in [3.05, 3.63) is 47.3 Å². The zero-order chi connectivity index (χ0) is 13.0. The molecule has 0 bridgehead atoms. The summed E-state index contributed by atoms with van der Waals surface area (Å²) in [6, 6.07) is 10.2. The molecule has 0 aliphatic rings. The highest BCUT2D eigenvalue weighted by Gasteiger charge is 2.07. The van der Waals surface area contributed by atoms with Crippen molar-refractivity contribution in [2.24, 2.45) is 5.84 Å². The van der Waals surface area contributed by atoms with Gasteiger partial charge in [-0.2, -0.15) is 0 Å². The van der Waals surface area contributed by atoms with E-state index in [1.54, 1.807) is 0 Å². The molecule has 5 nitrogen and oxygen atoms in total. The standard InChI is InChI=1S/C13H17N5/c1-9-12(16-10(2)17-13(9)18-14)15-8-11-6-4-3-5-7-11/h3-7H,8,14H2,1-2H3,(H2,15,16,17,18). The van der Waals surface area contributed by atoms with Crippen LogP contribution in [-0.2, 0) is 6.54 Å². The predicted molar refractivity (Wildman–Crippen MR) is 73.1 cm³/mol. The zero-order valence-corrected chi connectivity index (χ0v) is 10.6. The molecule has 0 saturated heterocycles. The second-order valence-electron chi connectivity index (χ2n) is 4.08. The maximum Gasteiger partial charge on any atom is 0.148 e. The van der Waals surface area contributed by atoms with Crippen molar-refractivity contribution in [1.82, 2.24) is 9.97 Å². The molecule has 2 aromatic rings. The highest BCUT2D eigenvalue weighted by Crippen LogP contribution is 2.19. The molecule has 1 aromatic carbocycles. The minimum absolute atomic E-state index is 0.651.